The summed E-state index contributed by atoms with van der Waals surface area (Å²) in [6, 6.07) is 11.6. The second-order valence-electron chi connectivity index (χ2n) is 7.36. The first kappa shape index (κ1) is 22.0. The summed E-state index contributed by atoms with van der Waals surface area (Å²) in [5, 5.41) is 26.5. The summed E-state index contributed by atoms with van der Waals surface area (Å²) < 4.78 is 1.28. The Labute approximate surface area is 179 Å². The summed E-state index contributed by atoms with van der Waals surface area (Å²) in [6.07, 6.45) is 2.69. The number of rotatable bonds is 9. The minimum atomic E-state index is -1.20. The highest BCUT2D eigenvalue weighted by molar-refractivity contribution is 6.05. The zero-order valence-corrected chi connectivity index (χ0v) is 17.2. The van der Waals surface area contributed by atoms with E-state index in [0.29, 0.717) is 22.9 Å². The number of unbranched alkanes of at least 4 members (excludes halogenated alkanes) is 2. The molecular formula is C23H25N3O5. The molecule has 0 radical (unpaired) electrons. The lowest BCUT2D eigenvalue weighted by atomic mass is 10.0. The molecule has 3 N–H and O–H groups in total. The van der Waals surface area contributed by atoms with Gasteiger partial charge < -0.3 is 15.5 Å². The Kier molecular flexibility index (Phi) is 7.02. The van der Waals surface area contributed by atoms with E-state index in [1.807, 2.05) is 0 Å². The zero-order chi connectivity index (χ0) is 22.4. The van der Waals surface area contributed by atoms with Gasteiger partial charge in [0, 0.05) is 18.4 Å². The molecule has 1 aromatic heterocycles. The maximum Gasteiger partial charge on any atom is 0.326 e. The Morgan fingerprint density at radius 3 is 2.39 bits per heavy atom. The van der Waals surface area contributed by atoms with Gasteiger partial charge in [-0.3, -0.25) is 9.59 Å². The topological polar surface area (TPSA) is 122 Å². The van der Waals surface area contributed by atoms with Gasteiger partial charge in [-0.25, -0.2) is 9.48 Å². The van der Waals surface area contributed by atoms with Crippen LogP contribution < -0.4 is 10.9 Å². The maximum atomic E-state index is 13.0. The minimum absolute atomic E-state index is 0.0173. The zero-order valence-electron chi connectivity index (χ0n) is 17.2. The van der Waals surface area contributed by atoms with Gasteiger partial charge in [-0.05, 0) is 30.2 Å². The molecule has 0 aliphatic carbocycles. The molecule has 162 valence electrons. The van der Waals surface area contributed by atoms with Crippen LogP contribution >= 0.6 is 0 Å². The van der Waals surface area contributed by atoms with Crippen molar-refractivity contribution in [2.24, 2.45) is 0 Å². The van der Waals surface area contributed by atoms with Crippen molar-refractivity contribution in [1.82, 2.24) is 15.1 Å². The first-order valence-corrected chi connectivity index (χ1v) is 10.2. The summed E-state index contributed by atoms with van der Waals surface area (Å²) in [4.78, 5) is 37.5. The van der Waals surface area contributed by atoms with Crippen molar-refractivity contribution in [1.29, 1.82) is 0 Å². The average Bonchev–Trinajstić information content (AvgIpc) is 2.76. The van der Waals surface area contributed by atoms with Crippen molar-refractivity contribution in [3.63, 3.8) is 0 Å². The number of nitrogens with zero attached hydrogens (tertiary/aromatic N) is 2. The third kappa shape index (κ3) is 5.28. The Morgan fingerprint density at radius 1 is 1.06 bits per heavy atom. The van der Waals surface area contributed by atoms with Crippen molar-refractivity contribution < 1.29 is 19.8 Å². The van der Waals surface area contributed by atoms with Gasteiger partial charge in [0.1, 0.15) is 11.8 Å². The van der Waals surface area contributed by atoms with E-state index in [9.17, 15) is 24.6 Å². The molecule has 31 heavy (non-hydrogen) atoms. The number of aromatic nitrogens is 2. The number of hydrogen-bond acceptors (Lipinski definition) is 5. The van der Waals surface area contributed by atoms with E-state index in [2.05, 4.69) is 17.3 Å². The van der Waals surface area contributed by atoms with Gasteiger partial charge in [0.15, 0.2) is 5.69 Å². The molecule has 8 nitrogen and oxygen atoms in total. The second-order valence-corrected chi connectivity index (χ2v) is 7.36. The molecule has 0 saturated heterocycles. The van der Waals surface area contributed by atoms with Gasteiger partial charge >= 0.3 is 5.97 Å². The highest BCUT2D eigenvalue weighted by Gasteiger charge is 2.24. The Morgan fingerprint density at radius 2 is 1.74 bits per heavy atom. The molecule has 0 fully saturated rings. The number of aliphatic carboxylic acids is 1. The lowest BCUT2D eigenvalue weighted by molar-refractivity contribution is -0.139. The van der Waals surface area contributed by atoms with Gasteiger partial charge in [0.2, 0.25) is 0 Å². The number of carbonyl (C=O) groups is 2. The number of aromatic hydroxyl groups is 1. The van der Waals surface area contributed by atoms with Crippen LogP contribution in [0.2, 0.25) is 0 Å². The van der Waals surface area contributed by atoms with E-state index in [4.69, 9.17) is 0 Å². The second kappa shape index (κ2) is 9.88. The van der Waals surface area contributed by atoms with E-state index < -0.39 is 17.9 Å². The van der Waals surface area contributed by atoms with Crippen molar-refractivity contribution in [3.05, 3.63) is 70.1 Å². The molecule has 1 atom stereocenters. The van der Waals surface area contributed by atoms with Crippen LogP contribution in [0.1, 0.15) is 42.2 Å². The fourth-order valence-corrected chi connectivity index (χ4v) is 3.36. The number of phenolic OH excluding ortho intramolecular Hbond substituents is 1. The lowest BCUT2D eigenvalue weighted by Crippen LogP contribution is -2.43. The number of hydrogen-bond donors (Lipinski definition) is 3. The summed E-state index contributed by atoms with van der Waals surface area (Å²) in [5.41, 5.74) is 0.388. The van der Waals surface area contributed by atoms with Crippen LogP contribution in [0.15, 0.2) is 53.3 Å². The van der Waals surface area contributed by atoms with Crippen LogP contribution in [0.3, 0.4) is 0 Å². The molecule has 8 heteroatoms. The van der Waals surface area contributed by atoms with Crippen LogP contribution in [0.5, 0.6) is 5.75 Å². The molecule has 0 bridgehead atoms. The van der Waals surface area contributed by atoms with E-state index >= 15 is 0 Å². The molecule has 0 saturated carbocycles. The van der Waals surface area contributed by atoms with Gasteiger partial charge in [-0.2, -0.15) is 5.10 Å². The maximum absolute atomic E-state index is 13.0. The van der Waals surface area contributed by atoms with Gasteiger partial charge in [0.25, 0.3) is 11.5 Å². The predicted molar refractivity (Wildman–Crippen MR) is 116 cm³/mol. The Hall–Kier alpha value is -3.68. The van der Waals surface area contributed by atoms with Crippen molar-refractivity contribution in [3.8, 4) is 5.75 Å². The predicted octanol–water partition coefficient (Wildman–Crippen LogP) is 2.72. The van der Waals surface area contributed by atoms with Crippen LogP contribution in [0.25, 0.3) is 10.8 Å². The summed E-state index contributed by atoms with van der Waals surface area (Å²) in [6.45, 7) is 2.43. The Bertz CT molecular complexity index is 1140. The number of aryl methyl sites for hydroxylation is 1. The van der Waals surface area contributed by atoms with E-state index in [1.165, 1.54) is 16.8 Å². The van der Waals surface area contributed by atoms with E-state index in [0.717, 1.165) is 19.3 Å². The lowest BCUT2D eigenvalue weighted by Gasteiger charge is -2.16. The fourth-order valence-electron chi connectivity index (χ4n) is 3.36. The number of phenols is 1. The molecule has 3 rings (SSSR count). The van der Waals surface area contributed by atoms with Crippen LogP contribution in [0.4, 0.5) is 0 Å². The normalized spacial score (nSPS) is 11.9. The van der Waals surface area contributed by atoms with E-state index in [-0.39, 0.29) is 23.4 Å². The smallest absolute Gasteiger partial charge is 0.326 e. The monoisotopic (exact) mass is 423 g/mol. The third-order valence-corrected chi connectivity index (χ3v) is 5.04. The van der Waals surface area contributed by atoms with Gasteiger partial charge in [-0.1, -0.05) is 50.1 Å². The number of fused-ring (bicyclic) bond motifs is 1. The number of amides is 1. The van der Waals surface area contributed by atoms with E-state index in [1.54, 1.807) is 36.4 Å². The highest BCUT2D eigenvalue weighted by atomic mass is 16.4. The molecule has 3 aromatic rings. The number of benzene rings is 2. The number of nitrogens with one attached hydrogen (secondary N) is 1. The minimum Gasteiger partial charge on any atom is -0.508 e. The first-order valence-electron chi connectivity index (χ1n) is 10.2. The van der Waals surface area contributed by atoms with Gasteiger partial charge in [0.05, 0.1) is 5.39 Å². The van der Waals surface area contributed by atoms with Crippen molar-refractivity contribution >= 4 is 22.6 Å². The third-order valence-electron chi connectivity index (χ3n) is 5.04. The number of carboxylic acids is 1. The van der Waals surface area contributed by atoms with Crippen LogP contribution in [-0.4, -0.2) is 37.9 Å². The number of carboxylic acid groups (broad SMARTS) is 1. The molecule has 1 amide bonds. The SMILES string of the molecule is CCCCCn1nc(C(=O)NC(Cc2ccc(O)cc2)C(=O)O)c2ccccc2c1=O. The summed E-state index contributed by atoms with van der Waals surface area (Å²) in [7, 11) is 0. The van der Waals surface area contributed by atoms with Crippen LogP contribution in [-0.2, 0) is 17.8 Å². The van der Waals surface area contributed by atoms with Gasteiger partial charge in [-0.15, -0.1) is 0 Å². The molecule has 1 heterocycles. The van der Waals surface area contributed by atoms with Crippen molar-refractivity contribution in [2.45, 2.75) is 45.2 Å². The molecule has 2 aromatic carbocycles. The highest BCUT2D eigenvalue weighted by Crippen LogP contribution is 2.15. The quantitative estimate of drug-likeness (QED) is 0.455. The average molecular weight is 423 g/mol. The van der Waals surface area contributed by atoms with Crippen molar-refractivity contribution in [2.75, 3.05) is 0 Å². The summed E-state index contributed by atoms with van der Waals surface area (Å²) >= 11 is 0. The largest absolute Gasteiger partial charge is 0.508 e. The molecule has 0 aliphatic heterocycles. The standard InChI is InChI=1S/C23H25N3O5/c1-2-3-6-13-26-22(29)18-8-5-4-7-17(18)20(25-26)21(28)24-19(23(30)31)14-15-9-11-16(27)12-10-15/h4-5,7-12,19,27H,2-3,6,13-14H2,1H3,(H,24,28)(H,30,31). The summed E-state index contributed by atoms with van der Waals surface area (Å²) in [5.74, 6) is -1.78. The number of carbonyl (C=O) groups excluding carboxylic acids is 1. The van der Waals surface area contributed by atoms with Crippen LogP contribution in [0, 0.1) is 0 Å². The molecular weight excluding hydrogens is 398 g/mol. The molecule has 1 unspecified atom stereocenters. The molecule has 0 aliphatic rings. The fraction of sp³-hybridized carbons (Fsp3) is 0.304. The first-order chi connectivity index (χ1) is 14.9. The molecule has 0 spiro atoms. The Balaban J connectivity index is 1.92.